The summed E-state index contributed by atoms with van der Waals surface area (Å²) in [5.41, 5.74) is 6.02. The molecule has 0 aliphatic heterocycles. The van der Waals surface area contributed by atoms with Gasteiger partial charge >= 0.3 is 0 Å². The second-order valence-electron chi connectivity index (χ2n) is 12.0. The lowest BCUT2D eigenvalue weighted by molar-refractivity contribution is -0.611. The lowest BCUT2D eigenvalue weighted by Gasteiger charge is -2.14. The zero-order valence-corrected chi connectivity index (χ0v) is 29.9. The van der Waals surface area contributed by atoms with Gasteiger partial charge in [-0.1, -0.05) is 102 Å². The van der Waals surface area contributed by atoms with Gasteiger partial charge in [0.05, 0.1) is 4.90 Å². The molecule has 0 fully saturated rings. The summed E-state index contributed by atoms with van der Waals surface area (Å²) in [6.45, 7) is 8.84. The van der Waals surface area contributed by atoms with Crippen molar-refractivity contribution < 1.29 is 21.4 Å². The Bertz CT molecular complexity index is 1570. The normalized spacial score (nSPS) is 12.1. The first kappa shape index (κ1) is 37.1. The van der Waals surface area contributed by atoms with E-state index < -0.39 is 24.4 Å². The summed E-state index contributed by atoms with van der Waals surface area (Å²) < 4.78 is 53.2. The third-order valence-electron chi connectivity index (χ3n) is 8.35. The Labute approximate surface area is 275 Å². The number of rotatable bonds is 21. The molecule has 3 rings (SSSR count). The van der Waals surface area contributed by atoms with E-state index in [9.17, 15) is 16.8 Å². The van der Waals surface area contributed by atoms with Crippen LogP contribution in [0.2, 0.25) is 0 Å². The lowest BCUT2D eigenvalue weighted by Crippen LogP contribution is -2.40. The second-order valence-corrected chi connectivity index (χ2v) is 16.4. The fraction of sp³-hybridized carbons (Fsp3) is 0.606. The molecule has 0 saturated carbocycles. The summed E-state index contributed by atoms with van der Waals surface area (Å²) in [7, 11) is -8.09. The number of hydrogen-bond donors (Lipinski definition) is 2. The van der Waals surface area contributed by atoms with Crippen molar-refractivity contribution in [3.05, 3.63) is 52.8 Å². The molecule has 0 spiro atoms. The van der Waals surface area contributed by atoms with Crippen LogP contribution < -0.4 is 14.4 Å². The number of nitrogens with zero attached hydrogens (tertiary/aromatic N) is 3. The molecule has 9 nitrogen and oxygen atoms in total. The van der Waals surface area contributed by atoms with Crippen molar-refractivity contribution in [3.8, 4) is 5.69 Å². The molecular weight excluding hydrogens is 627 g/mol. The van der Waals surface area contributed by atoms with Gasteiger partial charge in [0.15, 0.2) is 11.4 Å². The van der Waals surface area contributed by atoms with Crippen LogP contribution in [0.25, 0.3) is 5.69 Å². The average Bonchev–Trinajstić information content (AvgIpc) is 3.47. The van der Waals surface area contributed by atoms with Gasteiger partial charge in [-0.3, -0.25) is 4.72 Å². The van der Waals surface area contributed by atoms with Crippen molar-refractivity contribution in [2.24, 2.45) is 5.14 Å². The molecule has 3 aromatic rings. The molecule has 0 unspecified atom stereocenters. The number of anilines is 1. The fourth-order valence-corrected chi connectivity index (χ4v) is 8.21. The Balaban J connectivity index is 1.80. The molecule has 0 atom stereocenters. The number of nitrogens with one attached hydrogen (secondary N) is 1. The second kappa shape index (κ2) is 18.1. The zero-order valence-electron chi connectivity index (χ0n) is 27.5. The van der Waals surface area contributed by atoms with E-state index in [0.29, 0.717) is 11.3 Å². The van der Waals surface area contributed by atoms with Crippen molar-refractivity contribution in [2.75, 3.05) is 4.72 Å². The molecule has 2 heterocycles. The molecule has 0 saturated heterocycles. The van der Waals surface area contributed by atoms with Crippen molar-refractivity contribution in [3.63, 3.8) is 0 Å². The van der Waals surface area contributed by atoms with Crippen LogP contribution in [0.3, 0.4) is 0 Å². The van der Waals surface area contributed by atoms with Crippen LogP contribution in [0, 0.1) is 13.8 Å². The number of pyridine rings is 1. The number of unbranched alkanes of at least 4 members (excludes halogenated alkanes) is 12. The number of benzene rings is 1. The number of nitrogens with two attached hydrogens (primary N) is 1. The highest BCUT2D eigenvalue weighted by Crippen LogP contribution is 2.24. The van der Waals surface area contributed by atoms with E-state index in [1.54, 1.807) is 12.1 Å². The SMILES string of the molecule is CCCCCCCCCc1cc(CCCCCCCCC)[n+](-c2ccc(S(=O)(=O)Nc3nnc(S(N)(=O)=O)s3)cc2)c(C)c1C. The molecule has 0 radical (unpaired) electrons. The van der Waals surface area contributed by atoms with E-state index in [4.69, 9.17) is 5.14 Å². The predicted molar refractivity (Wildman–Crippen MR) is 183 cm³/mol. The summed E-state index contributed by atoms with van der Waals surface area (Å²) in [5.74, 6) is 0. The smallest absolute Gasteiger partial charge is 0.253 e. The monoisotopic (exact) mass is 678 g/mol. The van der Waals surface area contributed by atoms with Gasteiger partial charge in [-0.15, -0.1) is 10.2 Å². The highest BCUT2D eigenvalue weighted by molar-refractivity contribution is 7.93. The van der Waals surface area contributed by atoms with Gasteiger partial charge in [-0.05, 0) is 43.9 Å². The first-order valence-electron chi connectivity index (χ1n) is 16.5. The molecule has 0 bridgehead atoms. The standard InChI is InChI=1S/C33H52N5O4S3/c1-5-7-9-11-13-15-17-19-28-25-30(20-18-16-14-12-10-8-6-2)38(27(4)26(28)3)29-21-23-31(24-22-29)45(41,42)37-32-35-36-33(43-32)44(34,39)40/h21-25H,5-20H2,1-4H3,(H,35,37)(H2,34,39,40)/q+1. The Hall–Kier alpha value is -2.41. The van der Waals surface area contributed by atoms with E-state index in [-0.39, 0.29) is 10.0 Å². The molecule has 3 N–H and O–H groups in total. The Morgan fingerprint density at radius 1 is 0.756 bits per heavy atom. The van der Waals surface area contributed by atoms with Gasteiger partial charge < -0.3 is 0 Å². The van der Waals surface area contributed by atoms with Crippen molar-refractivity contribution in [1.29, 1.82) is 0 Å². The van der Waals surface area contributed by atoms with Crippen LogP contribution in [0.15, 0.2) is 39.6 Å². The van der Waals surface area contributed by atoms with Crippen LogP contribution in [-0.4, -0.2) is 27.0 Å². The number of aromatic nitrogens is 3. The molecular formula is C33H52N5O4S3+. The summed E-state index contributed by atoms with van der Waals surface area (Å²) >= 11 is 0.564. The molecule has 0 aliphatic carbocycles. The van der Waals surface area contributed by atoms with E-state index in [1.807, 2.05) is 12.1 Å². The topological polar surface area (TPSA) is 136 Å². The maximum absolute atomic E-state index is 13.0. The molecule has 2 aromatic heterocycles. The minimum atomic E-state index is -4.07. The van der Waals surface area contributed by atoms with E-state index in [2.05, 4.69) is 53.2 Å². The summed E-state index contributed by atoms with van der Waals surface area (Å²) in [6, 6.07) is 9.14. The third kappa shape index (κ3) is 11.4. The number of hydrogen-bond acceptors (Lipinski definition) is 7. The van der Waals surface area contributed by atoms with E-state index in [1.165, 1.54) is 106 Å². The first-order valence-corrected chi connectivity index (χ1v) is 20.4. The molecule has 250 valence electrons. The average molecular weight is 679 g/mol. The van der Waals surface area contributed by atoms with Gasteiger partial charge in [0.25, 0.3) is 20.0 Å². The fourth-order valence-electron chi connectivity index (χ4n) is 5.64. The van der Waals surface area contributed by atoms with Gasteiger partial charge in [-0.2, -0.15) is 4.57 Å². The van der Waals surface area contributed by atoms with Gasteiger partial charge in [0, 0.05) is 37.1 Å². The van der Waals surface area contributed by atoms with E-state index >= 15 is 0 Å². The Morgan fingerprint density at radius 3 is 1.82 bits per heavy atom. The van der Waals surface area contributed by atoms with Crippen LogP contribution in [0.1, 0.15) is 126 Å². The zero-order chi connectivity index (χ0) is 32.9. The van der Waals surface area contributed by atoms with Crippen molar-refractivity contribution >= 4 is 36.5 Å². The number of sulfonamides is 2. The third-order valence-corrected chi connectivity index (χ3v) is 12.0. The number of primary sulfonamides is 1. The van der Waals surface area contributed by atoms with E-state index in [0.717, 1.165) is 24.9 Å². The van der Waals surface area contributed by atoms with Gasteiger partial charge in [0.2, 0.25) is 15.2 Å². The van der Waals surface area contributed by atoms with Gasteiger partial charge in [0.1, 0.15) is 0 Å². The summed E-state index contributed by atoms with van der Waals surface area (Å²) in [5, 5.41) is 12.0. The van der Waals surface area contributed by atoms with Crippen LogP contribution in [0.4, 0.5) is 5.13 Å². The molecule has 0 amide bonds. The van der Waals surface area contributed by atoms with Crippen LogP contribution in [-0.2, 0) is 32.9 Å². The van der Waals surface area contributed by atoms with Crippen molar-refractivity contribution in [2.45, 2.75) is 140 Å². The highest BCUT2D eigenvalue weighted by atomic mass is 32.2. The minimum Gasteiger partial charge on any atom is -0.253 e. The quantitative estimate of drug-likeness (QED) is 0.0887. The molecule has 1 aromatic carbocycles. The highest BCUT2D eigenvalue weighted by Gasteiger charge is 2.24. The maximum atomic E-state index is 13.0. The Morgan fingerprint density at radius 2 is 1.29 bits per heavy atom. The largest absolute Gasteiger partial charge is 0.267 e. The molecule has 12 heteroatoms. The maximum Gasteiger partial charge on any atom is 0.267 e. The Kier molecular flexibility index (Phi) is 14.9. The first-order chi connectivity index (χ1) is 21.5. The minimum absolute atomic E-state index is 0.0396. The molecule has 45 heavy (non-hydrogen) atoms. The van der Waals surface area contributed by atoms with Crippen molar-refractivity contribution in [1.82, 2.24) is 10.2 Å². The molecule has 0 aliphatic rings. The number of aryl methyl sites for hydroxylation is 2. The summed E-state index contributed by atoms with van der Waals surface area (Å²) in [4.78, 5) is 0.0396. The lowest BCUT2D eigenvalue weighted by atomic mass is 9.97. The predicted octanol–water partition coefficient (Wildman–Crippen LogP) is 7.47. The van der Waals surface area contributed by atoms with Crippen LogP contribution in [0.5, 0.6) is 0 Å². The van der Waals surface area contributed by atoms with Crippen LogP contribution >= 0.6 is 11.3 Å². The van der Waals surface area contributed by atoms with Gasteiger partial charge in [-0.25, -0.2) is 22.0 Å². The summed E-state index contributed by atoms with van der Waals surface area (Å²) in [6.07, 6.45) is 19.8.